The Morgan fingerprint density at radius 1 is 1.33 bits per heavy atom. The highest BCUT2D eigenvalue weighted by Gasteiger charge is 2.32. The molecule has 0 radical (unpaired) electrons. The smallest absolute Gasteiger partial charge is 0.122 e. The molecule has 0 bridgehead atoms. The summed E-state index contributed by atoms with van der Waals surface area (Å²) in [4.78, 5) is 2.44. The molecule has 3 nitrogen and oxygen atoms in total. The van der Waals surface area contributed by atoms with Gasteiger partial charge in [-0.05, 0) is 67.1 Å². The Labute approximate surface area is 129 Å². The quantitative estimate of drug-likeness (QED) is 0.928. The van der Waals surface area contributed by atoms with Crippen LogP contribution >= 0.6 is 0 Å². The van der Waals surface area contributed by atoms with Crippen molar-refractivity contribution in [3.63, 3.8) is 0 Å². The molecule has 1 aromatic carbocycles. The summed E-state index contributed by atoms with van der Waals surface area (Å²) in [5.74, 6) is 1.61. The Kier molecular flexibility index (Phi) is 4.64. The maximum atomic E-state index is 5.87. The van der Waals surface area contributed by atoms with Crippen LogP contribution in [0.4, 0.5) is 0 Å². The van der Waals surface area contributed by atoms with Gasteiger partial charge in [0.1, 0.15) is 5.75 Å². The van der Waals surface area contributed by atoms with Crippen LogP contribution in [0.1, 0.15) is 49.9 Å². The number of likely N-dealkylation sites (tertiary alicyclic amines) is 1. The van der Waals surface area contributed by atoms with Crippen molar-refractivity contribution in [2.45, 2.75) is 45.6 Å². The van der Waals surface area contributed by atoms with E-state index in [1.54, 1.807) is 7.11 Å². The molecule has 0 aromatic heterocycles. The van der Waals surface area contributed by atoms with Gasteiger partial charge in [0.15, 0.2) is 0 Å². The number of aryl methyl sites for hydroxylation is 1. The van der Waals surface area contributed by atoms with Gasteiger partial charge in [-0.3, -0.25) is 4.90 Å². The zero-order valence-electron chi connectivity index (χ0n) is 14.4. The summed E-state index contributed by atoms with van der Waals surface area (Å²) < 4.78 is 5.61. The molecule has 1 aromatic rings. The van der Waals surface area contributed by atoms with Gasteiger partial charge in [0.2, 0.25) is 0 Å². The van der Waals surface area contributed by atoms with E-state index in [0.29, 0.717) is 12.0 Å². The summed E-state index contributed by atoms with van der Waals surface area (Å²) in [5.41, 5.74) is 9.99. The number of benzene rings is 1. The molecular weight excluding hydrogens is 260 g/mol. The standard InChI is InChI=1S/C18H30N2O/c1-12-7-17(21-6)15(18(2,3)4)9-14(12)16-8-13(10-19)11-20(16)5/h7,9,13,16H,8,10-11,19H2,1-6H3. The zero-order valence-corrected chi connectivity index (χ0v) is 14.4. The lowest BCUT2D eigenvalue weighted by molar-refractivity contribution is 0.312. The lowest BCUT2D eigenvalue weighted by Gasteiger charge is -2.27. The molecule has 2 unspecified atom stereocenters. The van der Waals surface area contributed by atoms with Gasteiger partial charge in [0.05, 0.1) is 7.11 Å². The van der Waals surface area contributed by atoms with Crippen LogP contribution in [0.5, 0.6) is 5.75 Å². The summed E-state index contributed by atoms with van der Waals surface area (Å²) in [6.07, 6.45) is 1.16. The number of methoxy groups -OCH3 is 1. The number of hydrogen-bond donors (Lipinski definition) is 1. The minimum Gasteiger partial charge on any atom is -0.496 e. The molecule has 1 saturated heterocycles. The third-order valence-corrected chi connectivity index (χ3v) is 4.72. The Balaban J connectivity index is 2.45. The van der Waals surface area contributed by atoms with E-state index in [-0.39, 0.29) is 5.41 Å². The maximum Gasteiger partial charge on any atom is 0.122 e. The van der Waals surface area contributed by atoms with Crippen LogP contribution in [0.25, 0.3) is 0 Å². The molecule has 2 atom stereocenters. The van der Waals surface area contributed by atoms with Gasteiger partial charge < -0.3 is 10.5 Å². The van der Waals surface area contributed by atoms with Crippen LogP contribution in [-0.2, 0) is 5.41 Å². The van der Waals surface area contributed by atoms with Crippen LogP contribution in [-0.4, -0.2) is 32.1 Å². The molecule has 0 saturated carbocycles. The van der Waals surface area contributed by atoms with Gasteiger partial charge in [-0.2, -0.15) is 0 Å². The van der Waals surface area contributed by atoms with Gasteiger partial charge in [0, 0.05) is 12.6 Å². The summed E-state index contributed by atoms with van der Waals surface area (Å²) >= 11 is 0. The largest absolute Gasteiger partial charge is 0.496 e. The molecule has 118 valence electrons. The fraction of sp³-hybridized carbons (Fsp3) is 0.667. The van der Waals surface area contributed by atoms with Crippen LogP contribution in [0, 0.1) is 12.8 Å². The van der Waals surface area contributed by atoms with Crippen LogP contribution in [0.15, 0.2) is 12.1 Å². The first-order chi connectivity index (χ1) is 9.77. The first-order valence-corrected chi connectivity index (χ1v) is 7.87. The van der Waals surface area contributed by atoms with E-state index in [2.05, 4.69) is 51.8 Å². The average molecular weight is 290 g/mol. The van der Waals surface area contributed by atoms with E-state index in [1.807, 2.05) is 0 Å². The molecule has 0 aliphatic carbocycles. The molecule has 2 N–H and O–H groups in total. The van der Waals surface area contributed by atoms with E-state index >= 15 is 0 Å². The molecule has 1 heterocycles. The Morgan fingerprint density at radius 3 is 2.48 bits per heavy atom. The first kappa shape index (κ1) is 16.3. The van der Waals surface area contributed by atoms with Crippen molar-refractivity contribution in [3.8, 4) is 5.75 Å². The van der Waals surface area contributed by atoms with Crippen molar-refractivity contribution in [3.05, 3.63) is 28.8 Å². The summed E-state index contributed by atoms with van der Waals surface area (Å²) in [5, 5.41) is 0. The Bertz CT molecular complexity index is 505. The van der Waals surface area contributed by atoms with Gasteiger partial charge in [0.25, 0.3) is 0 Å². The summed E-state index contributed by atoms with van der Waals surface area (Å²) in [6, 6.07) is 5.03. The third kappa shape index (κ3) is 3.24. The lowest BCUT2D eigenvalue weighted by atomic mass is 9.83. The monoisotopic (exact) mass is 290 g/mol. The fourth-order valence-corrected chi connectivity index (χ4v) is 3.45. The predicted molar refractivity (Wildman–Crippen MR) is 89.0 cm³/mol. The van der Waals surface area contributed by atoms with E-state index in [0.717, 1.165) is 25.3 Å². The van der Waals surface area contributed by atoms with Crippen molar-refractivity contribution in [1.29, 1.82) is 0 Å². The number of ether oxygens (including phenoxy) is 1. The van der Waals surface area contributed by atoms with Crippen molar-refractivity contribution < 1.29 is 4.74 Å². The Morgan fingerprint density at radius 2 is 2.00 bits per heavy atom. The van der Waals surface area contributed by atoms with Crippen LogP contribution in [0.3, 0.4) is 0 Å². The van der Waals surface area contributed by atoms with Crippen molar-refractivity contribution in [2.75, 3.05) is 27.2 Å². The molecule has 1 fully saturated rings. The van der Waals surface area contributed by atoms with Gasteiger partial charge in [-0.1, -0.05) is 20.8 Å². The normalized spacial score (nSPS) is 23.6. The predicted octanol–water partition coefficient (Wildman–Crippen LogP) is 3.25. The fourth-order valence-electron chi connectivity index (χ4n) is 3.45. The molecule has 0 amide bonds. The second kappa shape index (κ2) is 5.98. The lowest BCUT2D eigenvalue weighted by Crippen LogP contribution is -2.21. The highest BCUT2D eigenvalue weighted by atomic mass is 16.5. The summed E-state index contributed by atoms with van der Waals surface area (Å²) in [7, 11) is 3.97. The maximum absolute atomic E-state index is 5.87. The van der Waals surface area contributed by atoms with Gasteiger partial charge in [-0.15, -0.1) is 0 Å². The van der Waals surface area contributed by atoms with E-state index in [1.165, 1.54) is 16.7 Å². The minimum absolute atomic E-state index is 0.0816. The highest BCUT2D eigenvalue weighted by Crippen LogP contribution is 2.40. The van der Waals surface area contributed by atoms with E-state index in [9.17, 15) is 0 Å². The first-order valence-electron chi connectivity index (χ1n) is 7.87. The third-order valence-electron chi connectivity index (χ3n) is 4.72. The number of nitrogens with zero attached hydrogens (tertiary/aromatic N) is 1. The van der Waals surface area contributed by atoms with E-state index in [4.69, 9.17) is 10.5 Å². The second-order valence-electron chi connectivity index (χ2n) is 7.45. The molecule has 2 rings (SSSR count). The highest BCUT2D eigenvalue weighted by molar-refractivity contribution is 5.47. The summed E-state index contributed by atoms with van der Waals surface area (Å²) in [6.45, 7) is 10.8. The van der Waals surface area contributed by atoms with Crippen molar-refractivity contribution in [1.82, 2.24) is 4.90 Å². The molecular formula is C18H30N2O. The zero-order chi connectivity index (χ0) is 15.8. The van der Waals surface area contributed by atoms with E-state index < -0.39 is 0 Å². The molecule has 0 spiro atoms. The van der Waals surface area contributed by atoms with Gasteiger partial charge >= 0.3 is 0 Å². The second-order valence-corrected chi connectivity index (χ2v) is 7.45. The number of hydrogen-bond acceptors (Lipinski definition) is 3. The SMILES string of the molecule is COc1cc(C)c(C2CC(CN)CN2C)cc1C(C)(C)C. The molecule has 1 aliphatic heterocycles. The number of nitrogens with two attached hydrogens (primary N) is 1. The minimum atomic E-state index is 0.0816. The molecule has 21 heavy (non-hydrogen) atoms. The Hall–Kier alpha value is -1.06. The van der Waals surface area contributed by atoms with Crippen LogP contribution in [0.2, 0.25) is 0 Å². The molecule has 3 heteroatoms. The average Bonchev–Trinajstić information content (AvgIpc) is 2.78. The van der Waals surface area contributed by atoms with Gasteiger partial charge in [-0.25, -0.2) is 0 Å². The van der Waals surface area contributed by atoms with Crippen molar-refractivity contribution in [2.24, 2.45) is 11.7 Å². The topological polar surface area (TPSA) is 38.5 Å². The number of rotatable bonds is 3. The van der Waals surface area contributed by atoms with Crippen molar-refractivity contribution >= 4 is 0 Å². The molecule has 1 aliphatic rings. The van der Waals surface area contributed by atoms with Crippen LogP contribution < -0.4 is 10.5 Å².